The van der Waals surface area contributed by atoms with Crippen molar-refractivity contribution in [1.82, 2.24) is 10.2 Å². The maximum absolute atomic E-state index is 11.5. The van der Waals surface area contributed by atoms with Gasteiger partial charge in [-0.15, -0.1) is 0 Å². The fourth-order valence-corrected chi connectivity index (χ4v) is 2.18. The number of benzene rings is 1. The maximum atomic E-state index is 11.5. The summed E-state index contributed by atoms with van der Waals surface area (Å²) in [7, 11) is 1.41. The molecular formula is C14H20N2O2. The van der Waals surface area contributed by atoms with Crippen molar-refractivity contribution in [2.24, 2.45) is 0 Å². The van der Waals surface area contributed by atoms with Gasteiger partial charge in [-0.1, -0.05) is 19.1 Å². The van der Waals surface area contributed by atoms with E-state index in [-0.39, 0.29) is 5.97 Å². The van der Waals surface area contributed by atoms with Crippen LogP contribution < -0.4 is 5.32 Å². The summed E-state index contributed by atoms with van der Waals surface area (Å²) in [5.74, 6) is -0.273. The van der Waals surface area contributed by atoms with Crippen LogP contribution in [0.25, 0.3) is 0 Å². The zero-order valence-electron chi connectivity index (χ0n) is 11.0. The van der Waals surface area contributed by atoms with Crippen LogP contribution in [0.5, 0.6) is 0 Å². The Kier molecular flexibility index (Phi) is 4.33. The first-order chi connectivity index (χ1) is 8.74. The van der Waals surface area contributed by atoms with Crippen LogP contribution in [0.15, 0.2) is 24.3 Å². The van der Waals surface area contributed by atoms with Gasteiger partial charge in [-0.25, -0.2) is 4.79 Å². The minimum absolute atomic E-state index is 0.273. The van der Waals surface area contributed by atoms with Crippen LogP contribution in [0.4, 0.5) is 0 Å². The number of hydrogen-bond donors (Lipinski definition) is 1. The lowest BCUT2D eigenvalue weighted by molar-refractivity contribution is 0.0600. The maximum Gasteiger partial charge on any atom is 0.337 e. The molecule has 0 bridgehead atoms. The highest BCUT2D eigenvalue weighted by atomic mass is 16.5. The fraction of sp³-hybridized carbons (Fsp3) is 0.500. The SMILES string of the molecule is CCN(Cc1cccc(C(=O)OC)c1)C1CNC1. The summed E-state index contributed by atoms with van der Waals surface area (Å²) in [5, 5.41) is 3.28. The molecule has 0 amide bonds. The van der Waals surface area contributed by atoms with E-state index in [9.17, 15) is 4.79 Å². The molecule has 1 saturated heterocycles. The first-order valence-electron chi connectivity index (χ1n) is 6.36. The number of hydrogen-bond acceptors (Lipinski definition) is 4. The van der Waals surface area contributed by atoms with Crippen LogP contribution in [-0.4, -0.2) is 43.7 Å². The molecule has 1 N–H and O–H groups in total. The van der Waals surface area contributed by atoms with Gasteiger partial charge in [0.25, 0.3) is 0 Å². The Bertz CT molecular complexity index is 416. The lowest BCUT2D eigenvalue weighted by Gasteiger charge is -2.37. The van der Waals surface area contributed by atoms with Gasteiger partial charge in [0.2, 0.25) is 0 Å². The van der Waals surface area contributed by atoms with Gasteiger partial charge in [-0.05, 0) is 24.2 Å². The molecule has 2 rings (SSSR count). The molecule has 0 spiro atoms. The van der Waals surface area contributed by atoms with Crippen molar-refractivity contribution >= 4 is 5.97 Å². The Hall–Kier alpha value is -1.39. The predicted octanol–water partition coefficient (Wildman–Crippen LogP) is 1.27. The molecule has 1 aliphatic rings. The number of carbonyl (C=O) groups excluding carboxylic acids is 1. The molecule has 0 unspecified atom stereocenters. The number of nitrogens with zero attached hydrogens (tertiary/aromatic N) is 1. The number of rotatable bonds is 5. The number of ether oxygens (including phenoxy) is 1. The van der Waals surface area contributed by atoms with Crippen molar-refractivity contribution in [2.75, 3.05) is 26.7 Å². The van der Waals surface area contributed by atoms with Gasteiger partial charge in [-0.2, -0.15) is 0 Å². The average molecular weight is 248 g/mol. The third-order valence-corrected chi connectivity index (χ3v) is 3.42. The van der Waals surface area contributed by atoms with Crippen molar-refractivity contribution in [3.63, 3.8) is 0 Å². The zero-order valence-corrected chi connectivity index (χ0v) is 11.0. The molecule has 18 heavy (non-hydrogen) atoms. The highest BCUT2D eigenvalue weighted by Gasteiger charge is 2.23. The Labute approximate surface area is 108 Å². The minimum Gasteiger partial charge on any atom is -0.465 e. The summed E-state index contributed by atoms with van der Waals surface area (Å²) in [6.07, 6.45) is 0. The molecule has 4 heteroatoms. The Morgan fingerprint density at radius 1 is 1.50 bits per heavy atom. The molecule has 1 fully saturated rings. The van der Waals surface area contributed by atoms with Crippen molar-refractivity contribution in [1.29, 1.82) is 0 Å². The Morgan fingerprint density at radius 2 is 2.28 bits per heavy atom. The first kappa shape index (κ1) is 13.1. The molecule has 0 radical (unpaired) electrons. The summed E-state index contributed by atoms with van der Waals surface area (Å²) >= 11 is 0. The van der Waals surface area contributed by atoms with Crippen molar-refractivity contribution in [3.05, 3.63) is 35.4 Å². The molecule has 1 aromatic carbocycles. The van der Waals surface area contributed by atoms with E-state index < -0.39 is 0 Å². The minimum atomic E-state index is -0.273. The average Bonchev–Trinajstić information content (AvgIpc) is 2.35. The molecule has 98 valence electrons. The smallest absolute Gasteiger partial charge is 0.337 e. The fourth-order valence-electron chi connectivity index (χ4n) is 2.18. The van der Waals surface area contributed by atoms with Gasteiger partial charge in [-0.3, -0.25) is 4.90 Å². The summed E-state index contributed by atoms with van der Waals surface area (Å²) in [5.41, 5.74) is 1.78. The van der Waals surface area contributed by atoms with E-state index in [0.29, 0.717) is 11.6 Å². The molecule has 4 nitrogen and oxygen atoms in total. The first-order valence-corrected chi connectivity index (χ1v) is 6.36. The molecule has 0 saturated carbocycles. The molecular weight excluding hydrogens is 228 g/mol. The number of carbonyl (C=O) groups is 1. The lowest BCUT2D eigenvalue weighted by Crippen LogP contribution is -2.56. The van der Waals surface area contributed by atoms with Gasteiger partial charge in [0.15, 0.2) is 0 Å². The van der Waals surface area contributed by atoms with Crippen LogP contribution in [0, 0.1) is 0 Å². The third-order valence-electron chi connectivity index (χ3n) is 3.42. The van der Waals surface area contributed by atoms with Gasteiger partial charge >= 0.3 is 5.97 Å². The predicted molar refractivity (Wildman–Crippen MR) is 70.5 cm³/mol. The molecule has 0 aliphatic carbocycles. The zero-order chi connectivity index (χ0) is 13.0. The van der Waals surface area contributed by atoms with E-state index in [4.69, 9.17) is 4.74 Å². The van der Waals surface area contributed by atoms with E-state index in [2.05, 4.69) is 23.2 Å². The second-order valence-electron chi connectivity index (χ2n) is 4.57. The van der Waals surface area contributed by atoms with E-state index in [1.807, 2.05) is 12.1 Å². The van der Waals surface area contributed by atoms with Crippen LogP contribution in [-0.2, 0) is 11.3 Å². The molecule has 1 aromatic rings. The van der Waals surface area contributed by atoms with Crippen LogP contribution in [0.3, 0.4) is 0 Å². The largest absolute Gasteiger partial charge is 0.465 e. The van der Waals surface area contributed by atoms with Gasteiger partial charge in [0.1, 0.15) is 0 Å². The van der Waals surface area contributed by atoms with E-state index >= 15 is 0 Å². The quantitative estimate of drug-likeness (QED) is 0.797. The molecule has 1 aliphatic heterocycles. The van der Waals surface area contributed by atoms with Crippen molar-refractivity contribution in [2.45, 2.75) is 19.5 Å². The Balaban J connectivity index is 2.05. The van der Waals surface area contributed by atoms with Gasteiger partial charge < -0.3 is 10.1 Å². The normalized spacial score (nSPS) is 15.5. The number of esters is 1. The van der Waals surface area contributed by atoms with E-state index in [1.54, 1.807) is 6.07 Å². The van der Waals surface area contributed by atoms with Crippen molar-refractivity contribution < 1.29 is 9.53 Å². The molecule has 0 atom stereocenters. The third kappa shape index (κ3) is 2.89. The second-order valence-corrected chi connectivity index (χ2v) is 4.57. The summed E-state index contributed by atoms with van der Waals surface area (Å²) in [6.45, 7) is 6.19. The molecule has 0 aromatic heterocycles. The summed E-state index contributed by atoms with van der Waals surface area (Å²) in [4.78, 5) is 13.9. The number of likely N-dealkylation sites (N-methyl/N-ethyl adjacent to an activating group) is 1. The van der Waals surface area contributed by atoms with E-state index in [1.165, 1.54) is 7.11 Å². The Morgan fingerprint density at radius 3 is 2.83 bits per heavy atom. The number of methoxy groups -OCH3 is 1. The standard InChI is InChI=1S/C14H20N2O2/c1-3-16(13-8-15-9-13)10-11-5-4-6-12(7-11)14(17)18-2/h4-7,13,15H,3,8-10H2,1-2H3. The highest BCUT2D eigenvalue weighted by Crippen LogP contribution is 2.13. The van der Waals surface area contributed by atoms with Crippen LogP contribution in [0.1, 0.15) is 22.8 Å². The molecule has 1 heterocycles. The van der Waals surface area contributed by atoms with E-state index in [0.717, 1.165) is 31.7 Å². The number of nitrogens with one attached hydrogen (secondary N) is 1. The summed E-state index contributed by atoms with van der Waals surface area (Å²) < 4.78 is 4.74. The van der Waals surface area contributed by atoms with Gasteiger partial charge in [0, 0.05) is 25.7 Å². The van der Waals surface area contributed by atoms with Crippen LogP contribution >= 0.6 is 0 Å². The van der Waals surface area contributed by atoms with Crippen molar-refractivity contribution in [3.8, 4) is 0 Å². The van der Waals surface area contributed by atoms with Gasteiger partial charge in [0.05, 0.1) is 12.7 Å². The lowest BCUT2D eigenvalue weighted by atomic mass is 10.1. The summed E-state index contributed by atoms with van der Waals surface area (Å²) in [6, 6.07) is 8.30. The second kappa shape index (κ2) is 5.98. The van der Waals surface area contributed by atoms with Crippen LogP contribution in [0.2, 0.25) is 0 Å². The topological polar surface area (TPSA) is 41.6 Å². The monoisotopic (exact) mass is 248 g/mol. The highest BCUT2D eigenvalue weighted by molar-refractivity contribution is 5.89.